The van der Waals surface area contributed by atoms with Gasteiger partial charge in [-0.3, -0.25) is 14.5 Å². The lowest BCUT2D eigenvalue weighted by atomic mass is 9.92. The molecule has 25 heavy (non-hydrogen) atoms. The van der Waals surface area contributed by atoms with Crippen LogP contribution in [0, 0.1) is 11.6 Å². The van der Waals surface area contributed by atoms with Gasteiger partial charge in [0.2, 0.25) is 0 Å². The molecule has 1 fully saturated rings. The number of benzene rings is 2. The van der Waals surface area contributed by atoms with E-state index >= 15 is 0 Å². The van der Waals surface area contributed by atoms with E-state index in [1.54, 1.807) is 30.3 Å². The Kier molecular flexibility index (Phi) is 4.08. The fourth-order valence-electron chi connectivity index (χ4n) is 2.75. The molecule has 0 aliphatic carbocycles. The number of urea groups is 1. The van der Waals surface area contributed by atoms with Crippen LogP contribution in [-0.4, -0.2) is 29.2 Å². The summed E-state index contributed by atoms with van der Waals surface area (Å²) in [6, 6.07) is 10.3. The first-order valence-electron chi connectivity index (χ1n) is 7.51. The first-order chi connectivity index (χ1) is 11.8. The largest absolute Gasteiger partial charge is 0.325 e. The minimum atomic E-state index is -1.31. The summed E-state index contributed by atoms with van der Waals surface area (Å²) in [4.78, 5) is 37.8. The standard InChI is InChI=1S/C18H14F2N2O3/c1-18(11-5-3-2-4-6-11)16(24)22(17(25)21-18)10-15(23)13-8-7-12(19)9-14(13)20/h2-9H,10H2,1H3,(H,21,25)/t18-/m1/s1. The van der Waals surface area contributed by atoms with E-state index in [-0.39, 0.29) is 5.56 Å². The van der Waals surface area contributed by atoms with Crippen LogP contribution in [0.4, 0.5) is 13.6 Å². The molecule has 3 rings (SSSR count). The molecule has 7 heteroatoms. The number of rotatable bonds is 4. The highest BCUT2D eigenvalue weighted by Gasteiger charge is 2.49. The number of nitrogens with one attached hydrogen (secondary N) is 1. The van der Waals surface area contributed by atoms with Gasteiger partial charge in [-0.15, -0.1) is 0 Å². The van der Waals surface area contributed by atoms with E-state index in [0.717, 1.165) is 17.0 Å². The lowest BCUT2D eigenvalue weighted by molar-refractivity contribution is -0.130. The summed E-state index contributed by atoms with van der Waals surface area (Å²) in [7, 11) is 0. The zero-order valence-corrected chi connectivity index (χ0v) is 13.3. The Hall–Kier alpha value is -3.09. The fourth-order valence-corrected chi connectivity index (χ4v) is 2.75. The Morgan fingerprint density at radius 3 is 2.44 bits per heavy atom. The number of carbonyl (C=O) groups excluding carboxylic acids is 3. The molecule has 1 heterocycles. The van der Waals surface area contributed by atoms with Crippen molar-refractivity contribution in [1.82, 2.24) is 10.2 Å². The third-order valence-corrected chi connectivity index (χ3v) is 4.16. The van der Waals surface area contributed by atoms with Gasteiger partial charge in [-0.1, -0.05) is 30.3 Å². The molecule has 2 aromatic carbocycles. The van der Waals surface area contributed by atoms with Crippen LogP contribution in [-0.2, 0) is 10.3 Å². The summed E-state index contributed by atoms with van der Waals surface area (Å²) in [6.07, 6.45) is 0. The number of amides is 3. The quantitative estimate of drug-likeness (QED) is 0.685. The lowest BCUT2D eigenvalue weighted by Crippen LogP contribution is -2.41. The summed E-state index contributed by atoms with van der Waals surface area (Å²) in [6.45, 7) is 0.904. The number of carbonyl (C=O) groups is 3. The van der Waals surface area contributed by atoms with Gasteiger partial charge in [0, 0.05) is 6.07 Å². The van der Waals surface area contributed by atoms with E-state index in [1.165, 1.54) is 6.92 Å². The van der Waals surface area contributed by atoms with E-state index in [0.29, 0.717) is 11.6 Å². The number of ketones is 1. The molecular weight excluding hydrogens is 330 g/mol. The maximum Gasteiger partial charge on any atom is 0.325 e. The summed E-state index contributed by atoms with van der Waals surface area (Å²) in [5, 5.41) is 2.56. The van der Waals surface area contributed by atoms with Gasteiger partial charge in [-0.2, -0.15) is 0 Å². The third-order valence-electron chi connectivity index (χ3n) is 4.16. The van der Waals surface area contributed by atoms with Crippen LogP contribution in [0.5, 0.6) is 0 Å². The summed E-state index contributed by atoms with van der Waals surface area (Å²) in [5.41, 5.74) is -1.12. The average molecular weight is 344 g/mol. The van der Waals surface area contributed by atoms with Crippen molar-refractivity contribution in [2.24, 2.45) is 0 Å². The van der Waals surface area contributed by atoms with E-state index in [2.05, 4.69) is 5.32 Å². The molecule has 128 valence electrons. The van der Waals surface area contributed by atoms with Crippen molar-refractivity contribution < 1.29 is 23.2 Å². The Labute approximate surface area is 142 Å². The second kappa shape index (κ2) is 6.08. The molecule has 0 bridgehead atoms. The molecule has 0 radical (unpaired) electrons. The number of hydrogen-bond donors (Lipinski definition) is 1. The molecule has 1 N–H and O–H groups in total. The Morgan fingerprint density at radius 1 is 1.12 bits per heavy atom. The molecule has 0 unspecified atom stereocenters. The molecule has 3 amide bonds. The number of nitrogens with zero attached hydrogens (tertiary/aromatic N) is 1. The van der Waals surface area contributed by atoms with Crippen LogP contribution >= 0.6 is 0 Å². The van der Waals surface area contributed by atoms with Crippen LogP contribution in [0.2, 0.25) is 0 Å². The zero-order valence-electron chi connectivity index (χ0n) is 13.3. The van der Waals surface area contributed by atoms with Gasteiger partial charge in [0.05, 0.1) is 12.1 Å². The van der Waals surface area contributed by atoms with Crippen molar-refractivity contribution in [3.8, 4) is 0 Å². The maximum atomic E-state index is 13.7. The molecule has 2 aromatic rings. The minimum absolute atomic E-state index is 0.379. The van der Waals surface area contributed by atoms with Crippen molar-refractivity contribution in [1.29, 1.82) is 0 Å². The first-order valence-corrected chi connectivity index (χ1v) is 7.51. The monoisotopic (exact) mass is 344 g/mol. The number of hydrogen-bond acceptors (Lipinski definition) is 3. The molecule has 1 saturated heterocycles. The average Bonchev–Trinajstić information content (AvgIpc) is 2.80. The highest BCUT2D eigenvalue weighted by Crippen LogP contribution is 2.28. The van der Waals surface area contributed by atoms with Gasteiger partial charge in [0.25, 0.3) is 5.91 Å². The number of halogens is 2. The fraction of sp³-hybridized carbons (Fsp3) is 0.167. The first kappa shape index (κ1) is 16.8. The molecule has 5 nitrogen and oxygen atoms in total. The van der Waals surface area contributed by atoms with Crippen LogP contribution in [0.25, 0.3) is 0 Å². The molecule has 0 spiro atoms. The summed E-state index contributed by atoms with van der Waals surface area (Å²) >= 11 is 0. The third kappa shape index (κ3) is 2.88. The highest BCUT2D eigenvalue weighted by molar-refractivity contribution is 6.11. The number of Topliss-reactive ketones (excluding diaryl/α,β-unsaturated/α-hetero) is 1. The Bertz CT molecular complexity index is 870. The van der Waals surface area contributed by atoms with Gasteiger partial charge >= 0.3 is 6.03 Å². The Balaban J connectivity index is 1.85. The van der Waals surface area contributed by atoms with Crippen LogP contribution < -0.4 is 5.32 Å². The van der Waals surface area contributed by atoms with Gasteiger partial charge in [-0.05, 0) is 24.6 Å². The van der Waals surface area contributed by atoms with Gasteiger partial charge in [0.1, 0.15) is 17.2 Å². The molecule has 0 saturated carbocycles. The summed E-state index contributed by atoms with van der Waals surface area (Å²) < 4.78 is 26.7. The topological polar surface area (TPSA) is 66.5 Å². The molecular formula is C18H14F2N2O3. The van der Waals surface area contributed by atoms with Crippen LogP contribution in [0.3, 0.4) is 0 Å². The maximum absolute atomic E-state index is 13.7. The van der Waals surface area contributed by atoms with E-state index in [4.69, 9.17) is 0 Å². The molecule has 1 aliphatic heterocycles. The van der Waals surface area contributed by atoms with E-state index < -0.39 is 41.4 Å². The predicted molar refractivity (Wildman–Crippen MR) is 84.7 cm³/mol. The molecule has 0 aromatic heterocycles. The summed E-state index contributed by atoms with van der Waals surface area (Å²) in [5.74, 6) is -3.26. The van der Waals surface area contributed by atoms with Crippen molar-refractivity contribution in [3.05, 3.63) is 71.3 Å². The molecule has 1 atom stereocenters. The van der Waals surface area contributed by atoms with Gasteiger partial charge in [-0.25, -0.2) is 13.6 Å². The van der Waals surface area contributed by atoms with Gasteiger partial charge < -0.3 is 5.32 Å². The Morgan fingerprint density at radius 2 is 1.80 bits per heavy atom. The van der Waals surface area contributed by atoms with Crippen molar-refractivity contribution >= 4 is 17.7 Å². The smallest absolute Gasteiger partial charge is 0.319 e. The van der Waals surface area contributed by atoms with E-state index in [9.17, 15) is 23.2 Å². The van der Waals surface area contributed by atoms with E-state index in [1.807, 2.05) is 0 Å². The second-order valence-corrected chi connectivity index (χ2v) is 5.86. The predicted octanol–water partition coefficient (Wildman–Crippen LogP) is 2.61. The van der Waals surface area contributed by atoms with Crippen LogP contribution in [0.15, 0.2) is 48.5 Å². The van der Waals surface area contributed by atoms with Crippen molar-refractivity contribution in [3.63, 3.8) is 0 Å². The minimum Gasteiger partial charge on any atom is -0.319 e. The second-order valence-electron chi connectivity index (χ2n) is 5.86. The van der Waals surface area contributed by atoms with Gasteiger partial charge in [0.15, 0.2) is 5.78 Å². The highest BCUT2D eigenvalue weighted by atomic mass is 19.1. The van der Waals surface area contributed by atoms with Crippen molar-refractivity contribution in [2.75, 3.05) is 6.54 Å². The number of imide groups is 1. The normalized spacial score (nSPS) is 19.9. The molecule has 1 aliphatic rings. The van der Waals surface area contributed by atoms with Crippen molar-refractivity contribution in [2.45, 2.75) is 12.5 Å². The zero-order chi connectivity index (χ0) is 18.2. The SMILES string of the molecule is C[C@]1(c2ccccc2)NC(=O)N(CC(=O)c2ccc(F)cc2F)C1=O. The van der Waals surface area contributed by atoms with Crippen LogP contribution in [0.1, 0.15) is 22.8 Å². The lowest BCUT2D eigenvalue weighted by Gasteiger charge is -2.22.